The number of aromatic nitrogens is 2. The molecule has 0 saturated carbocycles. The molecule has 1 atom stereocenters. The van der Waals surface area contributed by atoms with Crippen LogP contribution in [0.2, 0.25) is 0 Å². The number of nitrogens with zero attached hydrogens (tertiary/aromatic N) is 2. The van der Waals surface area contributed by atoms with Crippen LogP contribution in [0.4, 0.5) is 0 Å². The maximum absolute atomic E-state index is 6.59. The summed E-state index contributed by atoms with van der Waals surface area (Å²) in [5.41, 5.74) is 9.97. The summed E-state index contributed by atoms with van der Waals surface area (Å²) in [6.45, 7) is 11.5. The van der Waals surface area contributed by atoms with Crippen LogP contribution in [-0.4, -0.2) is 0 Å². The summed E-state index contributed by atoms with van der Waals surface area (Å²) in [6, 6.07) is 44.4. The average molecular weight is 627 g/mol. The standard InChI is InChI=1S/C45H42N2O/c1-29-15-8-11-18-37(29)44(3,4)41-20-14-21-43(47(41)7)45(5,42-19-12-13-24-46(42)6)38-28-36-35-27-34-32(23-22-31-16-9-10-17-33(31)34)26-40(35)48-39(36)25-30(38)2/h8-28H,1-7H3/q+2. The van der Waals surface area contributed by atoms with E-state index in [1.807, 2.05) is 0 Å². The molecule has 0 aliphatic heterocycles. The van der Waals surface area contributed by atoms with Gasteiger partial charge in [0.25, 0.3) is 0 Å². The van der Waals surface area contributed by atoms with Crippen molar-refractivity contribution in [2.75, 3.05) is 0 Å². The lowest BCUT2D eigenvalue weighted by Crippen LogP contribution is -2.53. The minimum atomic E-state index is -0.492. The summed E-state index contributed by atoms with van der Waals surface area (Å²) in [5.74, 6) is 0. The van der Waals surface area contributed by atoms with Crippen LogP contribution in [0.1, 0.15) is 60.1 Å². The number of benzene rings is 5. The van der Waals surface area contributed by atoms with Gasteiger partial charge < -0.3 is 4.42 Å². The maximum Gasteiger partial charge on any atom is 0.202 e. The van der Waals surface area contributed by atoms with E-state index in [4.69, 9.17) is 4.42 Å². The fraction of sp³-hybridized carbons (Fsp3) is 0.200. The van der Waals surface area contributed by atoms with E-state index in [0.29, 0.717) is 0 Å². The van der Waals surface area contributed by atoms with Crippen LogP contribution in [0.25, 0.3) is 43.5 Å². The summed E-state index contributed by atoms with van der Waals surface area (Å²) in [5, 5.41) is 7.25. The Hall–Kier alpha value is -5.28. The van der Waals surface area contributed by atoms with E-state index < -0.39 is 5.41 Å². The van der Waals surface area contributed by atoms with Gasteiger partial charge in [-0.15, -0.1) is 0 Å². The average Bonchev–Trinajstić information content (AvgIpc) is 3.42. The Bertz CT molecular complexity index is 2550. The van der Waals surface area contributed by atoms with Crippen LogP contribution in [0.5, 0.6) is 0 Å². The summed E-state index contributed by atoms with van der Waals surface area (Å²) in [7, 11) is 4.40. The van der Waals surface area contributed by atoms with Crippen LogP contribution < -0.4 is 9.13 Å². The van der Waals surface area contributed by atoms with Gasteiger partial charge in [0.15, 0.2) is 17.3 Å². The Labute approximate surface area is 282 Å². The zero-order chi connectivity index (χ0) is 33.4. The smallest absolute Gasteiger partial charge is 0.202 e. The Balaban J connectivity index is 1.42. The first kappa shape index (κ1) is 30.1. The third-order valence-corrected chi connectivity index (χ3v) is 11.0. The molecule has 0 fully saturated rings. The molecule has 0 aliphatic rings. The highest BCUT2D eigenvalue weighted by molar-refractivity contribution is 6.16. The van der Waals surface area contributed by atoms with E-state index in [-0.39, 0.29) is 5.41 Å². The quantitative estimate of drug-likeness (QED) is 0.138. The van der Waals surface area contributed by atoms with Gasteiger partial charge in [-0.2, -0.15) is 0 Å². The molecule has 5 aromatic carbocycles. The third kappa shape index (κ3) is 4.41. The van der Waals surface area contributed by atoms with Crippen molar-refractivity contribution in [3.8, 4) is 0 Å². The minimum absolute atomic E-state index is 0.209. The SMILES string of the molecule is Cc1ccccc1C(C)(C)c1cccc(C(C)(c2cc3c(cc2C)oc2cc4ccc5ccccc5c4cc23)c2cccc[n+]2C)[n+]1C. The lowest BCUT2D eigenvalue weighted by Gasteiger charge is -2.30. The lowest BCUT2D eigenvalue weighted by molar-refractivity contribution is -0.702. The molecule has 0 aliphatic carbocycles. The molecule has 3 heteroatoms. The zero-order valence-corrected chi connectivity index (χ0v) is 28.9. The fourth-order valence-electron chi connectivity index (χ4n) is 8.54. The molecule has 48 heavy (non-hydrogen) atoms. The number of fused-ring (bicyclic) bond motifs is 6. The molecule has 3 heterocycles. The number of pyridine rings is 2. The second kappa shape index (κ2) is 10.9. The molecule has 3 aromatic heterocycles. The lowest BCUT2D eigenvalue weighted by atomic mass is 9.72. The van der Waals surface area contributed by atoms with Crippen molar-refractivity contribution in [3.05, 3.63) is 167 Å². The largest absolute Gasteiger partial charge is 0.456 e. The minimum Gasteiger partial charge on any atom is -0.456 e. The van der Waals surface area contributed by atoms with Crippen LogP contribution in [-0.2, 0) is 24.9 Å². The van der Waals surface area contributed by atoms with Gasteiger partial charge in [0, 0.05) is 35.0 Å². The maximum atomic E-state index is 6.59. The zero-order valence-electron chi connectivity index (χ0n) is 28.9. The molecule has 0 amide bonds. The summed E-state index contributed by atoms with van der Waals surface area (Å²) in [4.78, 5) is 0. The van der Waals surface area contributed by atoms with Crippen LogP contribution in [0.15, 0.2) is 132 Å². The molecule has 0 saturated heterocycles. The van der Waals surface area contributed by atoms with Gasteiger partial charge in [0.1, 0.15) is 25.3 Å². The molecule has 0 N–H and O–H groups in total. The van der Waals surface area contributed by atoms with Gasteiger partial charge in [-0.1, -0.05) is 66.7 Å². The number of aryl methyl sites for hydroxylation is 3. The molecule has 0 radical (unpaired) electrons. The highest BCUT2D eigenvalue weighted by Crippen LogP contribution is 2.43. The van der Waals surface area contributed by atoms with Gasteiger partial charge >= 0.3 is 0 Å². The number of furan rings is 1. The first-order valence-corrected chi connectivity index (χ1v) is 16.9. The van der Waals surface area contributed by atoms with Gasteiger partial charge in [0.2, 0.25) is 11.4 Å². The second-order valence-corrected chi connectivity index (χ2v) is 14.2. The van der Waals surface area contributed by atoms with Crippen molar-refractivity contribution >= 4 is 43.5 Å². The molecule has 8 rings (SSSR count). The predicted molar refractivity (Wildman–Crippen MR) is 198 cm³/mol. The van der Waals surface area contributed by atoms with E-state index in [0.717, 1.165) is 21.9 Å². The van der Waals surface area contributed by atoms with Gasteiger partial charge in [-0.3, -0.25) is 0 Å². The van der Waals surface area contributed by atoms with E-state index in [1.165, 1.54) is 60.9 Å². The molecule has 8 aromatic rings. The number of hydrogen-bond acceptors (Lipinski definition) is 1. The summed E-state index contributed by atoms with van der Waals surface area (Å²) in [6.07, 6.45) is 2.16. The normalized spacial score (nSPS) is 13.5. The van der Waals surface area contributed by atoms with E-state index in [9.17, 15) is 0 Å². The van der Waals surface area contributed by atoms with Crippen molar-refractivity contribution < 1.29 is 13.6 Å². The Morgan fingerprint density at radius 1 is 0.500 bits per heavy atom. The highest BCUT2D eigenvalue weighted by atomic mass is 16.3. The third-order valence-electron chi connectivity index (χ3n) is 11.0. The molecular weight excluding hydrogens is 585 g/mol. The summed E-state index contributed by atoms with van der Waals surface area (Å²) >= 11 is 0. The van der Waals surface area contributed by atoms with Crippen molar-refractivity contribution in [3.63, 3.8) is 0 Å². The van der Waals surface area contributed by atoms with Crippen molar-refractivity contribution in [2.24, 2.45) is 14.1 Å². The van der Waals surface area contributed by atoms with Crippen molar-refractivity contribution in [1.82, 2.24) is 0 Å². The molecular formula is C45H42N2O+2. The fourth-order valence-corrected chi connectivity index (χ4v) is 8.54. The summed E-state index contributed by atoms with van der Waals surface area (Å²) < 4.78 is 11.3. The number of hydrogen-bond donors (Lipinski definition) is 0. The second-order valence-electron chi connectivity index (χ2n) is 14.2. The monoisotopic (exact) mass is 626 g/mol. The Morgan fingerprint density at radius 3 is 1.98 bits per heavy atom. The van der Waals surface area contributed by atoms with Gasteiger partial charge in [-0.25, -0.2) is 9.13 Å². The molecule has 0 bridgehead atoms. The van der Waals surface area contributed by atoms with Gasteiger partial charge in [-0.05, 0) is 109 Å². The Kier molecular flexibility index (Phi) is 6.82. The van der Waals surface area contributed by atoms with Crippen molar-refractivity contribution in [1.29, 1.82) is 0 Å². The molecule has 236 valence electrons. The van der Waals surface area contributed by atoms with Crippen LogP contribution >= 0.6 is 0 Å². The molecule has 0 spiro atoms. The van der Waals surface area contributed by atoms with E-state index in [1.54, 1.807) is 0 Å². The number of rotatable bonds is 5. The van der Waals surface area contributed by atoms with E-state index >= 15 is 0 Å². The van der Waals surface area contributed by atoms with Crippen molar-refractivity contribution in [2.45, 2.75) is 45.4 Å². The van der Waals surface area contributed by atoms with Crippen LogP contribution in [0, 0.1) is 13.8 Å². The van der Waals surface area contributed by atoms with E-state index in [2.05, 4.69) is 185 Å². The first-order valence-electron chi connectivity index (χ1n) is 16.9. The molecule has 1 unspecified atom stereocenters. The topological polar surface area (TPSA) is 20.9 Å². The van der Waals surface area contributed by atoms with Crippen LogP contribution in [0.3, 0.4) is 0 Å². The first-order chi connectivity index (χ1) is 23.1. The Morgan fingerprint density at radius 2 is 1.17 bits per heavy atom. The molecule has 3 nitrogen and oxygen atoms in total. The van der Waals surface area contributed by atoms with Gasteiger partial charge in [0.05, 0.1) is 5.41 Å². The predicted octanol–water partition coefficient (Wildman–Crippen LogP) is 9.84. The highest BCUT2D eigenvalue weighted by Gasteiger charge is 2.47.